The van der Waals surface area contributed by atoms with E-state index in [1.165, 1.54) is 11.4 Å². The van der Waals surface area contributed by atoms with E-state index in [4.69, 9.17) is 4.52 Å². The SMILES string of the molecule is CO[PH](=O)c1ccccc1N(C(C)C)[SH](=O)=O. The molecule has 0 saturated heterocycles. The number of hydrogen-bond acceptors (Lipinski definition) is 4. The van der Waals surface area contributed by atoms with Gasteiger partial charge in [-0.1, -0.05) is 12.1 Å². The van der Waals surface area contributed by atoms with Crippen LogP contribution in [0.5, 0.6) is 0 Å². The van der Waals surface area contributed by atoms with Crippen molar-refractivity contribution < 1.29 is 17.5 Å². The Balaban J connectivity index is 3.33. The van der Waals surface area contributed by atoms with Crippen LogP contribution in [-0.4, -0.2) is 21.6 Å². The summed E-state index contributed by atoms with van der Waals surface area (Å²) < 4.78 is 40.2. The average molecular weight is 277 g/mol. The van der Waals surface area contributed by atoms with E-state index in [1.54, 1.807) is 38.1 Å². The van der Waals surface area contributed by atoms with Gasteiger partial charge in [-0.2, -0.15) is 0 Å². The lowest BCUT2D eigenvalue weighted by Gasteiger charge is -2.23. The minimum Gasteiger partial charge on any atom is -0.331 e. The molecule has 0 heterocycles. The molecule has 0 aliphatic rings. The maximum absolute atomic E-state index is 11.7. The van der Waals surface area contributed by atoms with Gasteiger partial charge in [0.05, 0.1) is 11.0 Å². The van der Waals surface area contributed by atoms with Crippen LogP contribution >= 0.6 is 8.03 Å². The second-order valence-corrected chi connectivity index (χ2v) is 6.11. The van der Waals surface area contributed by atoms with Crippen LogP contribution in [0.3, 0.4) is 0 Å². The van der Waals surface area contributed by atoms with Gasteiger partial charge in [0.15, 0.2) is 0 Å². The molecule has 1 aromatic carbocycles. The summed E-state index contributed by atoms with van der Waals surface area (Å²) in [6.07, 6.45) is 0. The van der Waals surface area contributed by atoms with Crippen LogP contribution in [0.4, 0.5) is 5.69 Å². The van der Waals surface area contributed by atoms with Gasteiger partial charge in [-0.3, -0.25) is 8.87 Å². The molecule has 0 saturated carbocycles. The third kappa shape index (κ3) is 3.31. The first kappa shape index (κ1) is 14.2. The number of nitrogens with zero attached hydrogens (tertiary/aromatic N) is 1. The molecule has 1 atom stereocenters. The second kappa shape index (κ2) is 6.19. The smallest absolute Gasteiger partial charge is 0.225 e. The highest BCUT2D eigenvalue weighted by Crippen LogP contribution is 2.27. The lowest BCUT2D eigenvalue weighted by Crippen LogP contribution is -2.32. The summed E-state index contributed by atoms with van der Waals surface area (Å²) in [6, 6.07) is 6.43. The molecule has 0 fully saturated rings. The van der Waals surface area contributed by atoms with Gasteiger partial charge in [0.1, 0.15) is 0 Å². The largest absolute Gasteiger partial charge is 0.331 e. The van der Waals surface area contributed by atoms with Crippen molar-refractivity contribution in [2.24, 2.45) is 0 Å². The predicted octanol–water partition coefficient (Wildman–Crippen LogP) is 1.17. The molecule has 0 aliphatic carbocycles. The van der Waals surface area contributed by atoms with Crippen LogP contribution in [0.25, 0.3) is 0 Å². The Hall–Kier alpha value is -0.840. The molecule has 0 radical (unpaired) electrons. The van der Waals surface area contributed by atoms with Crippen molar-refractivity contribution in [2.75, 3.05) is 11.4 Å². The molecule has 0 amide bonds. The summed E-state index contributed by atoms with van der Waals surface area (Å²) in [5.74, 6) is 0. The molecule has 96 valence electrons. The first-order valence-corrected chi connectivity index (χ1v) is 7.54. The molecule has 0 aliphatic heterocycles. The Bertz CT molecular complexity index is 479. The fourth-order valence-corrected chi connectivity index (χ4v) is 3.20. The zero-order valence-electron chi connectivity index (χ0n) is 9.91. The first-order valence-electron chi connectivity index (χ1n) is 5.10. The van der Waals surface area contributed by atoms with Gasteiger partial charge in [-0.05, 0) is 26.0 Å². The molecule has 5 nitrogen and oxygen atoms in total. The quantitative estimate of drug-likeness (QED) is 0.648. The van der Waals surface area contributed by atoms with Gasteiger partial charge in [-0.25, -0.2) is 8.42 Å². The van der Waals surface area contributed by atoms with Crippen molar-refractivity contribution in [1.82, 2.24) is 0 Å². The summed E-state index contributed by atoms with van der Waals surface area (Å²) in [6.45, 7) is 3.51. The molecule has 1 aromatic rings. The highest BCUT2D eigenvalue weighted by molar-refractivity contribution is 7.74. The lowest BCUT2D eigenvalue weighted by molar-refractivity contribution is 0.423. The number of rotatable bonds is 5. The average Bonchev–Trinajstić information content (AvgIpc) is 2.28. The van der Waals surface area contributed by atoms with Crippen LogP contribution in [0, 0.1) is 0 Å². The van der Waals surface area contributed by atoms with Crippen molar-refractivity contribution in [3.63, 3.8) is 0 Å². The summed E-state index contributed by atoms with van der Waals surface area (Å²) in [4.78, 5) is 0. The summed E-state index contributed by atoms with van der Waals surface area (Å²) in [7, 11) is -3.83. The fourth-order valence-electron chi connectivity index (χ4n) is 1.51. The van der Waals surface area contributed by atoms with E-state index in [0.29, 0.717) is 11.0 Å². The van der Waals surface area contributed by atoms with Crippen molar-refractivity contribution in [3.05, 3.63) is 24.3 Å². The zero-order chi connectivity index (χ0) is 13.0. The predicted molar refractivity (Wildman–Crippen MR) is 70.0 cm³/mol. The van der Waals surface area contributed by atoms with Gasteiger partial charge < -0.3 is 4.52 Å². The Morgan fingerprint density at radius 3 is 2.35 bits per heavy atom. The molecule has 1 unspecified atom stereocenters. The Kier molecular flexibility index (Phi) is 5.18. The minimum atomic E-state index is -2.77. The number of hydrogen-bond donors (Lipinski definition) is 1. The van der Waals surface area contributed by atoms with E-state index < -0.39 is 18.9 Å². The number of anilines is 1. The number of para-hydroxylation sites is 1. The van der Waals surface area contributed by atoms with Gasteiger partial charge in [0.25, 0.3) is 0 Å². The molecule has 0 aromatic heterocycles. The van der Waals surface area contributed by atoms with E-state index in [1.807, 2.05) is 0 Å². The third-order valence-electron chi connectivity index (χ3n) is 2.22. The Morgan fingerprint density at radius 2 is 1.88 bits per heavy atom. The highest BCUT2D eigenvalue weighted by atomic mass is 32.2. The molecule has 0 N–H and O–H groups in total. The maximum Gasteiger partial charge on any atom is 0.225 e. The number of benzene rings is 1. The first-order chi connectivity index (χ1) is 7.99. The van der Waals surface area contributed by atoms with Crippen LogP contribution in [0.1, 0.15) is 13.8 Å². The monoisotopic (exact) mass is 277 g/mol. The normalized spacial score (nSPS) is 13.0. The van der Waals surface area contributed by atoms with Gasteiger partial charge >= 0.3 is 0 Å². The van der Waals surface area contributed by atoms with E-state index >= 15 is 0 Å². The van der Waals surface area contributed by atoms with Gasteiger partial charge in [0.2, 0.25) is 18.9 Å². The van der Waals surface area contributed by atoms with Crippen molar-refractivity contribution in [1.29, 1.82) is 0 Å². The van der Waals surface area contributed by atoms with Crippen molar-refractivity contribution >= 4 is 29.9 Å². The van der Waals surface area contributed by atoms with Crippen molar-refractivity contribution in [3.8, 4) is 0 Å². The Labute approximate surface area is 103 Å². The maximum atomic E-state index is 11.7. The zero-order valence-corrected chi connectivity index (χ0v) is 11.8. The standard InChI is InChI=1S/C10H16NO4PS/c1-8(2)11(17(13)14)9-6-4-5-7-10(9)16(12)15-3/h4-8,16-17H,1-3H3. The molecular formula is C10H16NO4PS. The second-order valence-electron chi connectivity index (χ2n) is 3.68. The fraction of sp³-hybridized carbons (Fsp3) is 0.400. The van der Waals surface area contributed by atoms with Gasteiger partial charge in [0, 0.05) is 13.2 Å². The van der Waals surface area contributed by atoms with E-state index in [0.717, 1.165) is 0 Å². The van der Waals surface area contributed by atoms with Crippen LogP contribution < -0.4 is 9.61 Å². The molecule has 0 spiro atoms. The highest BCUT2D eigenvalue weighted by Gasteiger charge is 2.18. The summed E-state index contributed by atoms with van der Waals surface area (Å²) in [5, 5.41) is 0.424. The van der Waals surface area contributed by atoms with Crippen LogP contribution in [0.15, 0.2) is 24.3 Å². The van der Waals surface area contributed by atoms with E-state index in [2.05, 4.69) is 0 Å². The summed E-state index contributed by atoms with van der Waals surface area (Å²) in [5.41, 5.74) is 0.421. The molecule has 7 heteroatoms. The van der Waals surface area contributed by atoms with Crippen LogP contribution in [-0.2, 0) is 20.0 Å². The van der Waals surface area contributed by atoms with E-state index in [-0.39, 0.29) is 6.04 Å². The molecular weight excluding hydrogens is 261 g/mol. The van der Waals surface area contributed by atoms with Gasteiger partial charge in [-0.15, -0.1) is 0 Å². The van der Waals surface area contributed by atoms with E-state index in [9.17, 15) is 13.0 Å². The molecule has 0 bridgehead atoms. The third-order valence-corrected chi connectivity index (χ3v) is 4.48. The van der Waals surface area contributed by atoms with Crippen LogP contribution in [0.2, 0.25) is 0 Å². The number of thiol groups is 1. The lowest BCUT2D eigenvalue weighted by atomic mass is 10.3. The topological polar surface area (TPSA) is 63.7 Å². The van der Waals surface area contributed by atoms with Crippen molar-refractivity contribution in [2.45, 2.75) is 19.9 Å². The summed E-state index contributed by atoms with van der Waals surface area (Å²) >= 11 is 0. The Morgan fingerprint density at radius 1 is 1.29 bits per heavy atom. The molecule has 1 rings (SSSR count). The molecule has 17 heavy (non-hydrogen) atoms. The minimum absolute atomic E-state index is 0.232.